The summed E-state index contributed by atoms with van der Waals surface area (Å²) in [5.41, 5.74) is 5.38. The van der Waals surface area contributed by atoms with Gasteiger partial charge in [-0.15, -0.1) is 21.5 Å². The highest BCUT2D eigenvalue weighted by atomic mass is 32.2. The number of nitrogens with one attached hydrogen (secondary N) is 3. The minimum Gasteiger partial charge on any atom is -0.469 e. The molecule has 4 heterocycles. The Morgan fingerprint density at radius 2 is 1.69 bits per heavy atom. The number of benzene rings is 4. The van der Waals surface area contributed by atoms with E-state index in [0.717, 1.165) is 38.7 Å². The maximum Gasteiger partial charge on any atom is 0.308 e. The summed E-state index contributed by atoms with van der Waals surface area (Å²) in [4.78, 5) is 34.8. The molecule has 314 valence electrons. The molecule has 0 bridgehead atoms. The number of carbonyl (C=O) groups excluding carboxylic acids is 2. The fourth-order valence-electron chi connectivity index (χ4n) is 7.61. The van der Waals surface area contributed by atoms with Crippen molar-refractivity contribution in [2.24, 2.45) is 4.99 Å². The minimum absolute atomic E-state index is 0.0518. The molecule has 13 nitrogen and oxygen atoms in total. The van der Waals surface area contributed by atoms with Gasteiger partial charge in [0.15, 0.2) is 5.82 Å². The van der Waals surface area contributed by atoms with Gasteiger partial charge >= 0.3 is 5.97 Å². The second kappa shape index (κ2) is 16.1. The maximum atomic E-state index is 15.8. The van der Waals surface area contributed by atoms with Gasteiger partial charge in [-0.25, -0.2) is 17.2 Å². The predicted octanol–water partition coefficient (Wildman–Crippen LogP) is 8.61. The van der Waals surface area contributed by atoms with Crippen molar-refractivity contribution in [2.75, 3.05) is 11.8 Å². The van der Waals surface area contributed by atoms with E-state index >= 15 is 8.78 Å². The van der Waals surface area contributed by atoms with Gasteiger partial charge in [0, 0.05) is 33.2 Å². The summed E-state index contributed by atoms with van der Waals surface area (Å²) in [6.45, 7) is 9.30. The average Bonchev–Trinajstić information content (AvgIpc) is 3.93. The predicted molar refractivity (Wildman–Crippen MR) is 231 cm³/mol. The number of thiophene rings is 1. The number of aliphatic imine (C=N–C) groups is 1. The molecule has 3 N–H and O–H groups in total. The van der Waals surface area contributed by atoms with Crippen molar-refractivity contribution < 1.29 is 31.5 Å². The van der Waals surface area contributed by atoms with Gasteiger partial charge < -0.3 is 15.0 Å². The molecule has 2 atom stereocenters. The van der Waals surface area contributed by atoms with Crippen molar-refractivity contribution in [3.05, 3.63) is 146 Å². The third-order valence-electron chi connectivity index (χ3n) is 11.0. The number of sulfonamides is 1. The van der Waals surface area contributed by atoms with E-state index in [9.17, 15) is 23.3 Å². The Morgan fingerprint density at radius 3 is 2.39 bits per heavy atom. The molecular weight excluding hydrogens is 835 g/mol. The SMILES string of the molecule is COC(=O)C[C@@H]1N=C(c2ccc(-c3cc(F)c(C(=O)N[C@H](C)c4ccc(S(=O)(=O)Nc5ccc(C)c6c(C#N)c[nH]c56)cc4)cc3F)cc2)c2c(sc(C)c2C)-n2c(C)nnc21. The van der Waals surface area contributed by atoms with Crippen LogP contribution in [0.1, 0.15) is 85.7 Å². The van der Waals surface area contributed by atoms with Crippen LogP contribution in [0.2, 0.25) is 0 Å². The van der Waals surface area contributed by atoms with Gasteiger partial charge in [-0.3, -0.25) is 23.9 Å². The van der Waals surface area contributed by atoms with E-state index in [0.29, 0.717) is 50.5 Å². The third-order valence-corrected chi connectivity index (χ3v) is 13.6. The third kappa shape index (κ3) is 7.41. The summed E-state index contributed by atoms with van der Waals surface area (Å²) in [6, 6.07) is 18.4. The number of aromatic amines is 1. The Bertz CT molecular complexity index is 3150. The molecular formula is C45H38F2N8O5S2. The molecule has 0 fully saturated rings. The summed E-state index contributed by atoms with van der Waals surface area (Å²) in [5, 5.41) is 22.3. The number of hydrogen-bond acceptors (Lipinski definition) is 10. The van der Waals surface area contributed by atoms with Gasteiger partial charge in [0.25, 0.3) is 15.9 Å². The van der Waals surface area contributed by atoms with Crippen molar-refractivity contribution in [3.8, 4) is 22.2 Å². The van der Waals surface area contributed by atoms with Crippen molar-refractivity contribution in [1.82, 2.24) is 25.1 Å². The highest BCUT2D eigenvalue weighted by Gasteiger charge is 2.33. The molecule has 0 spiro atoms. The molecule has 0 aliphatic carbocycles. The zero-order valence-electron chi connectivity index (χ0n) is 34.2. The number of anilines is 1. The largest absolute Gasteiger partial charge is 0.469 e. The van der Waals surface area contributed by atoms with Crippen LogP contribution in [0.15, 0.2) is 88.9 Å². The second-order valence-electron chi connectivity index (χ2n) is 14.9. The van der Waals surface area contributed by atoms with E-state index in [1.807, 2.05) is 32.3 Å². The van der Waals surface area contributed by atoms with Gasteiger partial charge in [-0.05, 0) is 87.2 Å². The van der Waals surface area contributed by atoms with Crippen LogP contribution in [0.4, 0.5) is 14.5 Å². The Balaban J connectivity index is 0.999. The summed E-state index contributed by atoms with van der Waals surface area (Å²) < 4.78 is 67.6. The minimum atomic E-state index is -4.06. The summed E-state index contributed by atoms with van der Waals surface area (Å²) in [7, 11) is -2.75. The Kier molecular flexibility index (Phi) is 10.8. The fourth-order valence-corrected chi connectivity index (χ4v) is 9.89. The molecule has 7 aromatic rings. The maximum absolute atomic E-state index is 15.8. The van der Waals surface area contributed by atoms with Crippen molar-refractivity contribution in [3.63, 3.8) is 0 Å². The number of halogens is 2. The number of carbonyl (C=O) groups is 2. The lowest BCUT2D eigenvalue weighted by Crippen LogP contribution is -2.27. The van der Waals surface area contributed by atoms with Gasteiger partial charge in [0.1, 0.15) is 34.6 Å². The molecule has 0 radical (unpaired) electrons. The first kappa shape index (κ1) is 41.7. The summed E-state index contributed by atoms with van der Waals surface area (Å²) >= 11 is 1.56. The zero-order chi connectivity index (χ0) is 44.2. The molecule has 1 aliphatic rings. The monoisotopic (exact) mass is 872 g/mol. The number of aromatic nitrogens is 4. The number of esters is 1. The quantitative estimate of drug-likeness (QED) is 0.114. The number of H-pyrrole nitrogens is 1. The normalized spacial score (nSPS) is 14.0. The fraction of sp³-hybridized carbons (Fsp3) is 0.200. The number of amides is 1. The number of nitriles is 1. The molecule has 62 heavy (non-hydrogen) atoms. The number of ether oxygens (including phenoxy) is 1. The van der Waals surface area contributed by atoms with Crippen LogP contribution in [0.3, 0.4) is 0 Å². The standard InChI is InChI=1S/C45H38F2N8O5S2/c1-22-7-16-36(42-39(22)30(20-48)21-49-42)54-62(58,59)31-14-12-27(13-15-31)24(3)50-44(57)33-18-34(46)32(17-35(33)47)28-8-10-29(11-9-28)41-40-23(2)25(4)61-45(40)55-26(5)52-53-43(55)37(51-41)19-38(56)60-6/h7-18,21,24,37,49,54H,19H2,1-6H3,(H,50,57)/t24-,37+/m1/s1. The van der Waals surface area contributed by atoms with Crippen molar-refractivity contribution >= 4 is 55.5 Å². The van der Waals surface area contributed by atoms with Crippen molar-refractivity contribution in [2.45, 2.75) is 58.0 Å². The zero-order valence-corrected chi connectivity index (χ0v) is 35.9. The molecule has 0 saturated heterocycles. The number of fused-ring (bicyclic) bond motifs is 4. The van der Waals surface area contributed by atoms with Crippen molar-refractivity contribution in [1.29, 1.82) is 5.26 Å². The number of aryl methyl sites for hydroxylation is 3. The van der Waals surface area contributed by atoms with E-state index in [1.54, 1.807) is 54.7 Å². The Labute approximate surface area is 359 Å². The number of nitrogens with zero attached hydrogens (tertiary/aromatic N) is 5. The van der Waals surface area contributed by atoms with Crippen LogP contribution >= 0.6 is 11.3 Å². The first-order chi connectivity index (χ1) is 29.6. The van der Waals surface area contributed by atoms with Crippen LogP contribution < -0.4 is 10.0 Å². The second-order valence-corrected chi connectivity index (χ2v) is 17.8. The molecule has 3 aromatic heterocycles. The summed E-state index contributed by atoms with van der Waals surface area (Å²) in [5.74, 6) is -1.95. The van der Waals surface area contributed by atoms with Crippen LogP contribution in [0.5, 0.6) is 0 Å². The topological polar surface area (TPSA) is 184 Å². The number of rotatable bonds is 10. The Morgan fingerprint density at radius 1 is 0.984 bits per heavy atom. The van der Waals surface area contributed by atoms with E-state index in [4.69, 9.17) is 9.73 Å². The first-order valence-electron chi connectivity index (χ1n) is 19.3. The van der Waals surface area contributed by atoms with Crippen LogP contribution in [0, 0.1) is 50.7 Å². The number of methoxy groups -OCH3 is 1. The molecule has 4 aromatic carbocycles. The lowest BCUT2D eigenvalue weighted by Gasteiger charge is -2.16. The summed E-state index contributed by atoms with van der Waals surface area (Å²) in [6.07, 6.45) is 1.45. The molecule has 8 rings (SSSR count). The van der Waals surface area contributed by atoms with E-state index in [-0.39, 0.29) is 22.6 Å². The molecule has 17 heteroatoms. The van der Waals surface area contributed by atoms with Gasteiger partial charge in [0.05, 0.1) is 52.5 Å². The van der Waals surface area contributed by atoms with Gasteiger partial charge in [-0.2, -0.15) is 5.26 Å². The van der Waals surface area contributed by atoms with Crippen LogP contribution in [-0.2, 0) is 19.6 Å². The van der Waals surface area contributed by atoms with E-state index < -0.39 is 51.2 Å². The Hall–Kier alpha value is -7.03. The molecule has 1 aliphatic heterocycles. The van der Waals surface area contributed by atoms with Crippen LogP contribution in [0.25, 0.3) is 27.0 Å². The molecule has 0 unspecified atom stereocenters. The lowest BCUT2D eigenvalue weighted by molar-refractivity contribution is -0.141. The first-order valence-corrected chi connectivity index (χ1v) is 21.6. The number of hydrogen-bond donors (Lipinski definition) is 3. The van der Waals surface area contributed by atoms with E-state index in [2.05, 4.69) is 31.3 Å². The smallest absolute Gasteiger partial charge is 0.308 e. The van der Waals surface area contributed by atoms with Crippen LogP contribution in [-0.4, -0.2) is 52.9 Å². The average molecular weight is 873 g/mol. The molecule has 0 saturated carbocycles. The van der Waals surface area contributed by atoms with Gasteiger partial charge in [-0.1, -0.05) is 42.5 Å². The highest BCUT2D eigenvalue weighted by Crippen LogP contribution is 2.40. The van der Waals surface area contributed by atoms with Gasteiger partial charge in [0.2, 0.25) is 0 Å². The van der Waals surface area contributed by atoms with E-state index in [1.165, 1.54) is 37.6 Å². The lowest BCUT2D eigenvalue weighted by atomic mass is 9.96. The molecule has 1 amide bonds. The highest BCUT2D eigenvalue weighted by molar-refractivity contribution is 7.92.